The Hall–Kier alpha value is -3.13. The number of carbonyl (C=O) groups is 5. The molecule has 9 N–H and O–H groups in total. The average molecular weight is 528 g/mol. The van der Waals surface area contributed by atoms with Crippen LogP contribution in [0.5, 0.6) is 0 Å². The quantitative estimate of drug-likeness (QED) is 0.130. The molecule has 0 radical (unpaired) electrons. The maximum absolute atomic E-state index is 13.1. The molecule has 0 spiro atoms. The largest absolute Gasteiger partial charge is 0.480 e. The number of carbonyl (C=O) groups excluding carboxylic acids is 4. The highest BCUT2D eigenvalue weighted by molar-refractivity contribution is 7.98. The molecule has 0 aliphatic rings. The number of aromatic nitrogens is 2. The molecule has 14 heteroatoms. The molecular weight excluding hydrogens is 490 g/mol. The summed E-state index contributed by atoms with van der Waals surface area (Å²) >= 11 is 1.54. The van der Waals surface area contributed by atoms with Crippen molar-refractivity contribution in [1.29, 1.82) is 0 Å². The lowest BCUT2D eigenvalue weighted by Crippen LogP contribution is -2.57. The number of aliphatic carboxylic acids is 1. The van der Waals surface area contributed by atoms with E-state index in [0.717, 1.165) is 0 Å². The number of hydrogen-bond donors (Lipinski definition) is 7. The predicted molar refractivity (Wildman–Crippen MR) is 135 cm³/mol. The van der Waals surface area contributed by atoms with Crippen molar-refractivity contribution in [3.8, 4) is 0 Å². The molecule has 1 aromatic heterocycles. The number of hydrogen-bond acceptors (Lipinski definition) is 8. The van der Waals surface area contributed by atoms with Crippen LogP contribution < -0.4 is 27.4 Å². The molecule has 1 rings (SSSR count). The minimum Gasteiger partial charge on any atom is -0.480 e. The lowest BCUT2D eigenvalue weighted by molar-refractivity contribution is -0.142. The van der Waals surface area contributed by atoms with Gasteiger partial charge in [0.05, 0.1) is 12.4 Å². The molecule has 0 aliphatic carbocycles. The number of nitrogens with two attached hydrogens (primary N) is 2. The molecule has 1 heterocycles. The Morgan fingerprint density at radius 3 is 2.17 bits per heavy atom. The molecule has 4 amide bonds. The Balaban J connectivity index is 2.99. The van der Waals surface area contributed by atoms with Crippen LogP contribution in [0.15, 0.2) is 12.5 Å². The third kappa shape index (κ3) is 11.5. The van der Waals surface area contributed by atoms with Crippen LogP contribution in [0.2, 0.25) is 0 Å². The summed E-state index contributed by atoms with van der Waals surface area (Å²) in [6, 6.07) is -4.36. The number of nitrogens with zero attached hydrogens (tertiary/aromatic N) is 1. The Bertz CT molecular complexity index is 880. The average Bonchev–Trinajstić information content (AvgIpc) is 3.31. The number of rotatable bonds is 17. The van der Waals surface area contributed by atoms with E-state index in [-0.39, 0.29) is 31.6 Å². The van der Waals surface area contributed by atoms with E-state index in [1.807, 2.05) is 20.1 Å². The van der Waals surface area contributed by atoms with Gasteiger partial charge in [-0.1, -0.05) is 13.8 Å². The van der Waals surface area contributed by atoms with Gasteiger partial charge in [0.2, 0.25) is 23.6 Å². The van der Waals surface area contributed by atoms with Gasteiger partial charge in [0.1, 0.15) is 18.1 Å². The van der Waals surface area contributed by atoms with E-state index in [1.165, 1.54) is 12.5 Å². The number of amides is 4. The van der Waals surface area contributed by atoms with Crippen LogP contribution in [-0.4, -0.2) is 80.8 Å². The molecule has 0 aliphatic heterocycles. The van der Waals surface area contributed by atoms with Gasteiger partial charge in [0.15, 0.2) is 0 Å². The van der Waals surface area contributed by atoms with Gasteiger partial charge in [-0.3, -0.25) is 19.2 Å². The first-order chi connectivity index (χ1) is 16.9. The summed E-state index contributed by atoms with van der Waals surface area (Å²) in [5.74, 6) is -3.24. The maximum atomic E-state index is 13.1. The van der Waals surface area contributed by atoms with Gasteiger partial charge in [-0.15, -0.1) is 0 Å². The minimum absolute atomic E-state index is 0.0205. The number of primary amides is 1. The van der Waals surface area contributed by atoms with Crippen LogP contribution in [0.3, 0.4) is 0 Å². The van der Waals surface area contributed by atoms with Crippen LogP contribution in [0.1, 0.15) is 45.2 Å². The van der Waals surface area contributed by atoms with Crippen LogP contribution >= 0.6 is 11.8 Å². The molecule has 0 aromatic carbocycles. The van der Waals surface area contributed by atoms with Crippen molar-refractivity contribution in [2.24, 2.45) is 17.4 Å². The van der Waals surface area contributed by atoms with Gasteiger partial charge in [-0.2, -0.15) is 11.8 Å². The van der Waals surface area contributed by atoms with Crippen LogP contribution in [0, 0.1) is 5.92 Å². The Morgan fingerprint density at radius 2 is 1.64 bits per heavy atom. The van der Waals surface area contributed by atoms with Gasteiger partial charge in [0.25, 0.3) is 0 Å². The van der Waals surface area contributed by atoms with E-state index >= 15 is 0 Å². The third-order valence-corrected chi connectivity index (χ3v) is 5.86. The van der Waals surface area contributed by atoms with Crippen molar-refractivity contribution in [3.63, 3.8) is 0 Å². The Morgan fingerprint density at radius 1 is 1.03 bits per heavy atom. The van der Waals surface area contributed by atoms with E-state index in [1.54, 1.807) is 11.8 Å². The monoisotopic (exact) mass is 527 g/mol. The van der Waals surface area contributed by atoms with Gasteiger partial charge < -0.3 is 37.5 Å². The number of carboxylic acid groups (broad SMARTS) is 1. The summed E-state index contributed by atoms with van der Waals surface area (Å²) in [5, 5.41) is 17.1. The first-order valence-electron chi connectivity index (χ1n) is 11.6. The number of nitrogens with one attached hydrogen (secondary N) is 4. The summed E-state index contributed by atoms with van der Waals surface area (Å²) in [6.45, 7) is 3.73. The Labute approximate surface area is 214 Å². The number of thioether (sulfide) groups is 1. The highest BCUT2D eigenvalue weighted by atomic mass is 32.2. The molecule has 0 saturated carbocycles. The lowest BCUT2D eigenvalue weighted by atomic mass is 10.0. The van der Waals surface area contributed by atoms with E-state index in [0.29, 0.717) is 17.9 Å². The fraction of sp³-hybridized carbons (Fsp3) is 0.636. The van der Waals surface area contributed by atoms with Crippen LogP contribution in [0.25, 0.3) is 0 Å². The highest BCUT2D eigenvalue weighted by Crippen LogP contribution is 2.09. The molecule has 0 bridgehead atoms. The maximum Gasteiger partial charge on any atom is 0.326 e. The topological polar surface area (TPSA) is 222 Å². The molecule has 0 saturated heterocycles. The lowest BCUT2D eigenvalue weighted by Gasteiger charge is -2.26. The zero-order valence-corrected chi connectivity index (χ0v) is 21.6. The molecule has 36 heavy (non-hydrogen) atoms. The number of carboxylic acids is 1. The van der Waals surface area contributed by atoms with Gasteiger partial charge in [-0.25, -0.2) is 9.78 Å². The second-order valence-electron chi connectivity index (χ2n) is 8.83. The normalized spacial score (nSPS) is 14.4. The van der Waals surface area contributed by atoms with Crippen molar-refractivity contribution in [1.82, 2.24) is 25.9 Å². The van der Waals surface area contributed by atoms with Gasteiger partial charge >= 0.3 is 5.97 Å². The smallest absolute Gasteiger partial charge is 0.326 e. The van der Waals surface area contributed by atoms with E-state index < -0.39 is 53.8 Å². The van der Waals surface area contributed by atoms with Crippen molar-refractivity contribution in [2.45, 2.75) is 70.1 Å². The van der Waals surface area contributed by atoms with E-state index in [9.17, 15) is 29.1 Å². The first kappa shape index (κ1) is 30.9. The first-order valence-corrected chi connectivity index (χ1v) is 13.0. The summed E-state index contributed by atoms with van der Waals surface area (Å²) in [4.78, 5) is 68.2. The number of aromatic amines is 1. The highest BCUT2D eigenvalue weighted by Gasteiger charge is 2.31. The SMILES string of the molecule is CSCCC(N)C(=O)NC(CC(C)C)C(=O)NC(CCC(N)=O)C(=O)NC(Cc1cnc[nH]1)C(=O)O. The zero-order chi connectivity index (χ0) is 27.3. The minimum atomic E-state index is -1.31. The molecule has 0 fully saturated rings. The molecule has 4 atom stereocenters. The van der Waals surface area contributed by atoms with Crippen molar-refractivity contribution in [2.75, 3.05) is 12.0 Å². The molecule has 202 valence electrons. The summed E-state index contributed by atoms with van der Waals surface area (Å²) in [7, 11) is 0. The fourth-order valence-electron chi connectivity index (χ4n) is 3.27. The molecular formula is C22H37N7O6S. The molecule has 4 unspecified atom stereocenters. The standard InChI is InChI=1S/C22H37N7O6S/c1-12(2)8-16(28-19(31)14(23)6-7-36-3)21(33)27-15(4-5-18(24)30)20(32)29-17(22(34)35)9-13-10-25-11-26-13/h10-12,14-17H,4-9,23H2,1-3H3,(H2,24,30)(H,25,26)(H,27,33)(H,28,31)(H,29,32)(H,34,35). The zero-order valence-electron chi connectivity index (χ0n) is 20.8. The van der Waals surface area contributed by atoms with E-state index in [4.69, 9.17) is 11.5 Å². The van der Waals surface area contributed by atoms with E-state index in [2.05, 4.69) is 25.9 Å². The van der Waals surface area contributed by atoms with Gasteiger partial charge in [-0.05, 0) is 37.2 Å². The summed E-state index contributed by atoms with van der Waals surface area (Å²) in [5.41, 5.74) is 11.6. The van der Waals surface area contributed by atoms with Crippen molar-refractivity contribution >= 4 is 41.4 Å². The second kappa shape index (κ2) is 15.8. The van der Waals surface area contributed by atoms with Gasteiger partial charge in [0, 0.05) is 24.7 Å². The van der Waals surface area contributed by atoms with Crippen molar-refractivity contribution < 1.29 is 29.1 Å². The number of H-pyrrole nitrogens is 1. The Kier molecular flexibility index (Phi) is 13.5. The van der Waals surface area contributed by atoms with Crippen LogP contribution in [-0.2, 0) is 30.4 Å². The fourth-order valence-corrected chi connectivity index (χ4v) is 3.76. The third-order valence-electron chi connectivity index (χ3n) is 5.22. The summed E-state index contributed by atoms with van der Waals surface area (Å²) in [6.07, 6.45) is 4.95. The molecule has 13 nitrogen and oxygen atoms in total. The van der Waals surface area contributed by atoms with Crippen molar-refractivity contribution in [3.05, 3.63) is 18.2 Å². The second-order valence-corrected chi connectivity index (χ2v) is 9.81. The summed E-state index contributed by atoms with van der Waals surface area (Å²) < 4.78 is 0. The molecule has 1 aromatic rings. The van der Waals surface area contributed by atoms with Crippen LogP contribution in [0.4, 0.5) is 0 Å². The predicted octanol–water partition coefficient (Wildman–Crippen LogP) is -1.12. The number of imidazole rings is 1.